The number of piperidine rings is 1. The van der Waals surface area contributed by atoms with Crippen LogP contribution < -0.4 is 14.7 Å². The van der Waals surface area contributed by atoms with Crippen molar-refractivity contribution in [3.05, 3.63) is 30.4 Å². The third-order valence-corrected chi connectivity index (χ3v) is 5.38. The summed E-state index contributed by atoms with van der Waals surface area (Å²) >= 11 is 0. The lowest BCUT2D eigenvalue weighted by Crippen LogP contribution is -2.47. The lowest BCUT2D eigenvalue weighted by Gasteiger charge is -2.39. The van der Waals surface area contributed by atoms with E-state index in [1.54, 1.807) is 12.4 Å². The summed E-state index contributed by atoms with van der Waals surface area (Å²) in [4.78, 5) is 25.0. The molecule has 2 aliphatic heterocycles. The molecule has 0 radical (unpaired) electrons. The van der Waals surface area contributed by atoms with Gasteiger partial charge in [-0.3, -0.25) is 4.98 Å². The molecule has 2 aliphatic rings. The first-order valence-corrected chi connectivity index (χ1v) is 9.63. The van der Waals surface area contributed by atoms with E-state index in [2.05, 4.69) is 36.7 Å². The zero-order valence-electron chi connectivity index (χ0n) is 16.1. The summed E-state index contributed by atoms with van der Waals surface area (Å²) in [5.41, 5.74) is 0.984. The molecule has 2 fully saturated rings. The molecule has 0 saturated carbocycles. The van der Waals surface area contributed by atoms with Crippen LogP contribution >= 0.6 is 0 Å². The Hall–Kier alpha value is -2.48. The lowest BCUT2D eigenvalue weighted by atomic mass is 10.0. The topological polar surface area (TPSA) is 70.5 Å². The van der Waals surface area contributed by atoms with Crippen LogP contribution in [0, 0.1) is 6.92 Å². The summed E-state index contributed by atoms with van der Waals surface area (Å²) in [6.07, 6.45) is 7.65. The first kappa shape index (κ1) is 17.9. The number of ether oxygens (including phenoxy) is 1. The van der Waals surface area contributed by atoms with Gasteiger partial charge in [-0.15, -0.1) is 0 Å². The molecule has 0 aliphatic carbocycles. The number of morpholine rings is 1. The predicted octanol–water partition coefficient (Wildman–Crippen LogP) is 1.52. The van der Waals surface area contributed by atoms with Crippen LogP contribution in [-0.4, -0.2) is 72.4 Å². The number of rotatable bonds is 4. The molecule has 0 aromatic carbocycles. The van der Waals surface area contributed by atoms with E-state index in [4.69, 9.17) is 9.72 Å². The first-order chi connectivity index (χ1) is 13.2. The number of anilines is 3. The largest absolute Gasteiger partial charge is 0.378 e. The Kier molecular flexibility index (Phi) is 5.33. The lowest BCUT2D eigenvalue weighted by molar-refractivity contribution is 0.122. The van der Waals surface area contributed by atoms with Gasteiger partial charge >= 0.3 is 0 Å². The molecule has 8 nitrogen and oxygen atoms in total. The Balaban J connectivity index is 1.49. The van der Waals surface area contributed by atoms with E-state index in [-0.39, 0.29) is 0 Å². The molecule has 1 atom stereocenters. The average molecular weight is 369 g/mol. The Bertz CT molecular complexity index is 765. The van der Waals surface area contributed by atoms with Gasteiger partial charge in [0.05, 0.1) is 18.9 Å². The van der Waals surface area contributed by atoms with E-state index in [0.29, 0.717) is 6.04 Å². The quantitative estimate of drug-likeness (QED) is 0.803. The fourth-order valence-electron chi connectivity index (χ4n) is 3.81. The molecule has 27 heavy (non-hydrogen) atoms. The highest BCUT2D eigenvalue weighted by Gasteiger charge is 2.26. The molecular formula is C19H27N7O. The van der Waals surface area contributed by atoms with Crippen LogP contribution in [0.25, 0.3) is 0 Å². The summed E-state index contributed by atoms with van der Waals surface area (Å²) < 4.78 is 5.43. The van der Waals surface area contributed by atoms with Gasteiger partial charge in [-0.05, 0) is 25.8 Å². The molecule has 1 unspecified atom stereocenters. The van der Waals surface area contributed by atoms with E-state index < -0.39 is 0 Å². The van der Waals surface area contributed by atoms with Crippen LogP contribution in [-0.2, 0) is 4.74 Å². The summed E-state index contributed by atoms with van der Waals surface area (Å²) in [5.74, 6) is 2.75. The molecule has 8 heteroatoms. The fraction of sp³-hybridized carbons (Fsp3) is 0.579. The van der Waals surface area contributed by atoms with Gasteiger partial charge in [-0.25, -0.2) is 9.97 Å². The normalized spacial score (nSPS) is 20.6. The molecule has 4 heterocycles. The minimum atomic E-state index is 0.382. The second kappa shape index (κ2) is 8.04. The van der Waals surface area contributed by atoms with E-state index in [1.807, 2.05) is 19.2 Å². The highest BCUT2D eigenvalue weighted by molar-refractivity contribution is 5.47. The monoisotopic (exact) mass is 369 g/mol. The number of hydrogen-bond donors (Lipinski definition) is 0. The molecule has 2 saturated heterocycles. The zero-order valence-corrected chi connectivity index (χ0v) is 16.1. The SMILES string of the molecule is Cc1nccnc1N1CCCC(N(C)c2ccnc(N3CCOCC3)n2)C1. The first-order valence-electron chi connectivity index (χ1n) is 9.63. The number of likely N-dealkylation sites (N-methyl/N-ethyl adjacent to an activating group) is 1. The molecule has 2 aromatic heterocycles. The van der Waals surface area contributed by atoms with Crippen molar-refractivity contribution in [1.29, 1.82) is 0 Å². The van der Waals surface area contributed by atoms with Crippen LogP contribution in [0.4, 0.5) is 17.6 Å². The van der Waals surface area contributed by atoms with Crippen molar-refractivity contribution in [1.82, 2.24) is 19.9 Å². The van der Waals surface area contributed by atoms with Crippen molar-refractivity contribution < 1.29 is 4.74 Å². The van der Waals surface area contributed by atoms with Gasteiger partial charge < -0.3 is 19.4 Å². The number of aromatic nitrogens is 4. The summed E-state index contributed by atoms with van der Waals surface area (Å²) in [6, 6.07) is 2.38. The highest BCUT2D eigenvalue weighted by Crippen LogP contribution is 2.25. The van der Waals surface area contributed by atoms with Crippen LogP contribution in [0.1, 0.15) is 18.5 Å². The molecule has 0 N–H and O–H groups in total. The van der Waals surface area contributed by atoms with E-state index in [1.165, 1.54) is 0 Å². The molecule has 2 aromatic rings. The van der Waals surface area contributed by atoms with Crippen molar-refractivity contribution in [2.75, 3.05) is 61.1 Å². The molecule has 0 amide bonds. The van der Waals surface area contributed by atoms with Crippen LogP contribution in [0.15, 0.2) is 24.7 Å². The van der Waals surface area contributed by atoms with Crippen molar-refractivity contribution in [3.63, 3.8) is 0 Å². The molecular weight excluding hydrogens is 342 g/mol. The number of hydrogen-bond acceptors (Lipinski definition) is 8. The second-order valence-corrected chi connectivity index (χ2v) is 7.13. The van der Waals surface area contributed by atoms with Crippen molar-refractivity contribution in [2.45, 2.75) is 25.8 Å². The van der Waals surface area contributed by atoms with Gasteiger partial charge in [0.1, 0.15) is 11.6 Å². The standard InChI is InChI=1S/C19H27N7O/c1-15-18(21-8-7-20-15)26-9-3-4-16(14-26)24(2)17-5-6-22-19(23-17)25-10-12-27-13-11-25/h5-8,16H,3-4,9-14H2,1-2H3. The minimum Gasteiger partial charge on any atom is -0.378 e. The van der Waals surface area contributed by atoms with Gasteiger partial charge in [0, 0.05) is 57.9 Å². The number of nitrogens with zero attached hydrogens (tertiary/aromatic N) is 7. The summed E-state index contributed by atoms with van der Waals surface area (Å²) in [5, 5.41) is 0. The van der Waals surface area contributed by atoms with Crippen molar-refractivity contribution in [2.24, 2.45) is 0 Å². The van der Waals surface area contributed by atoms with Gasteiger partial charge in [0.25, 0.3) is 0 Å². The predicted molar refractivity (Wildman–Crippen MR) is 105 cm³/mol. The third-order valence-electron chi connectivity index (χ3n) is 5.38. The fourth-order valence-corrected chi connectivity index (χ4v) is 3.81. The minimum absolute atomic E-state index is 0.382. The zero-order chi connectivity index (χ0) is 18.6. The maximum absolute atomic E-state index is 5.43. The Morgan fingerprint density at radius 3 is 2.67 bits per heavy atom. The van der Waals surface area contributed by atoms with Crippen molar-refractivity contribution in [3.8, 4) is 0 Å². The van der Waals surface area contributed by atoms with Gasteiger partial charge in [-0.1, -0.05) is 0 Å². The maximum Gasteiger partial charge on any atom is 0.227 e. The molecule has 4 rings (SSSR count). The van der Waals surface area contributed by atoms with Gasteiger partial charge in [0.15, 0.2) is 0 Å². The summed E-state index contributed by atoms with van der Waals surface area (Å²) in [6.45, 7) is 7.12. The van der Waals surface area contributed by atoms with E-state index in [9.17, 15) is 0 Å². The maximum atomic E-state index is 5.43. The molecule has 0 spiro atoms. The van der Waals surface area contributed by atoms with E-state index >= 15 is 0 Å². The van der Waals surface area contributed by atoms with Crippen LogP contribution in [0.3, 0.4) is 0 Å². The number of aryl methyl sites for hydroxylation is 1. The van der Waals surface area contributed by atoms with Gasteiger partial charge in [-0.2, -0.15) is 4.98 Å². The van der Waals surface area contributed by atoms with E-state index in [0.717, 1.165) is 75.5 Å². The van der Waals surface area contributed by atoms with Crippen LogP contribution in [0.2, 0.25) is 0 Å². The Labute approximate surface area is 160 Å². The molecule has 0 bridgehead atoms. The Morgan fingerprint density at radius 1 is 1.04 bits per heavy atom. The highest BCUT2D eigenvalue weighted by atomic mass is 16.5. The van der Waals surface area contributed by atoms with Crippen LogP contribution in [0.5, 0.6) is 0 Å². The second-order valence-electron chi connectivity index (χ2n) is 7.13. The average Bonchev–Trinajstić information content (AvgIpc) is 2.74. The molecule has 144 valence electrons. The smallest absolute Gasteiger partial charge is 0.227 e. The van der Waals surface area contributed by atoms with Crippen molar-refractivity contribution >= 4 is 17.6 Å². The van der Waals surface area contributed by atoms with Gasteiger partial charge in [0.2, 0.25) is 5.95 Å². The summed E-state index contributed by atoms with van der Waals surface area (Å²) in [7, 11) is 2.13. The third kappa shape index (κ3) is 3.95. The Morgan fingerprint density at radius 2 is 1.85 bits per heavy atom.